The summed E-state index contributed by atoms with van der Waals surface area (Å²) in [5, 5.41) is 0.479. The molecular weight excluding hydrogens is 344 g/mol. The lowest BCUT2D eigenvalue weighted by molar-refractivity contribution is 0.118. The van der Waals surface area contributed by atoms with E-state index in [0.717, 1.165) is 12.8 Å². The first-order chi connectivity index (χ1) is 12.0. The van der Waals surface area contributed by atoms with Crippen LogP contribution in [0.5, 0.6) is 0 Å². The Balaban J connectivity index is 1.71. The number of aromatic amines is 1. The summed E-state index contributed by atoms with van der Waals surface area (Å²) >= 11 is 0. The molecule has 136 valence electrons. The van der Waals surface area contributed by atoms with Crippen molar-refractivity contribution in [1.29, 1.82) is 0 Å². The maximum atomic E-state index is 12.5. The summed E-state index contributed by atoms with van der Waals surface area (Å²) in [6.07, 6.45) is 1.76. The first-order valence-corrected chi connectivity index (χ1v) is 9.65. The van der Waals surface area contributed by atoms with E-state index in [9.17, 15) is 13.2 Å². The Bertz CT molecular complexity index is 894. The molecule has 1 saturated heterocycles. The van der Waals surface area contributed by atoms with Gasteiger partial charge in [-0.25, -0.2) is 4.98 Å². The fraction of sp³-hybridized carbons (Fsp3) is 0.500. The van der Waals surface area contributed by atoms with Crippen molar-refractivity contribution in [2.45, 2.75) is 19.4 Å². The standard InChI is InChI=1S/C16H22N4O4S/c1-24-11-12-5-4-8-20(10-12)25(22,23)17-9-15-18-14-7-3-2-6-13(14)16(21)19-15/h2-3,6-7,12,17H,4-5,8-11H2,1H3,(H,18,19,21). The largest absolute Gasteiger partial charge is 0.384 e. The summed E-state index contributed by atoms with van der Waals surface area (Å²) < 4.78 is 34.1. The van der Waals surface area contributed by atoms with Gasteiger partial charge in [0.1, 0.15) is 5.82 Å². The van der Waals surface area contributed by atoms with Crippen LogP contribution >= 0.6 is 0 Å². The molecule has 1 aliphatic heterocycles. The number of fused-ring (bicyclic) bond motifs is 1. The van der Waals surface area contributed by atoms with Crippen LogP contribution in [0.15, 0.2) is 29.1 Å². The third-order valence-electron chi connectivity index (χ3n) is 4.31. The average Bonchev–Trinajstić information content (AvgIpc) is 2.61. The van der Waals surface area contributed by atoms with Crippen LogP contribution in [-0.4, -0.2) is 49.5 Å². The molecule has 2 N–H and O–H groups in total. The predicted molar refractivity (Wildman–Crippen MR) is 94.3 cm³/mol. The first-order valence-electron chi connectivity index (χ1n) is 8.21. The number of nitrogens with zero attached hydrogens (tertiary/aromatic N) is 2. The Labute approximate surface area is 146 Å². The molecule has 8 nitrogen and oxygen atoms in total. The van der Waals surface area contributed by atoms with Crippen molar-refractivity contribution in [3.05, 3.63) is 40.4 Å². The van der Waals surface area contributed by atoms with E-state index < -0.39 is 10.2 Å². The lowest BCUT2D eigenvalue weighted by Crippen LogP contribution is -2.46. The number of piperidine rings is 1. The molecule has 0 saturated carbocycles. The van der Waals surface area contributed by atoms with E-state index >= 15 is 0 Å². The third kappa shape index (κ3) is 4.24. The zero-order chi connectivity index (χ0) is 17.9. The highest BCUT2D eigenvalue weighted by atomic mass is 32.2. The highest BCUT2D eigenvalue weighted by Crippen LogP contribution is 2.18. The second kappa shape index (κ2) is 7.61. The maximum Gasteiger partial charge on any atom is 0.279 e. The summed E-state index contributed by atoms with van der Waals surface area (Å²) in [6, 6.07) is 6.95. The van der Waals surface area contributed by atoms with Gasteiger partial charge < -0.3 is 9.72 Å². The van der Waals surface area contributed by atoms with E-state index in [4.69, 9.17) is 4.74 Å². The number of ether oxygens (including phenoxy) is 1. The molecule has 0 amide bonds. The number of H-pyrrole nitrogens is 1. The second-order valence-electron chi connectivity index (χ2n) is 6.18. The zero-order valence-electron chi connectivity index (χ0n) is 14.1. The van der Waals surface area contributed by atoms with Crippen molar-refractivity contribution < 1.29 is 13.2 Å². The van der Waals surface area contributed by atoms with Gasteiger partial charge in [-0.05, 0) is 30.9 Å². The average molecular weight is 366 g/mol. The van der Waals surface area contributed by atoms with Crippen molar-refractivity contribution in [2.24, 2.45) is 5.92 Å². The molecule has 9 heteroatoms. The van der Waals surface area contributed by atoms with Crippen LogP contribution in [0.1, 0.15) is 18.7 Å². The van der Waals surface area contributed by atoms with Crippen molar-refractivity contribution in [3.63, 3.8) is 0 Å². The van der Waals surface area contributed by atoms with Crippen LogP contribution in [0, 0.1) is 5.92 Å². The fourth-order valence-corrected chi connectivity index (χ4v) is 4.36. The molecule has 1 aliphatic rings. The van der Waals surface area contributed by atoms with Crippen LogP contribution in [0.3, 0.4) is 0 Å². The molecule has 1 fully saturated rings. The van der Waals surface area contributed by atoms with Gasteiger partial charge >= 0.3 is 0 Å². The molecule has 0 aliphatic carbocycles. The number of methoxy groups -OCH3 is 1. The molecule has 1 atom stereocenters. The van der Waals surface area contributed by atoms with Gasteiger partial charge in [-0.1, -0.05) is 12.1 Å². The molecule has 3 rings (SSSR count). The van der Waals surface area contributed by atoms with Crippen LogP contribution in [0.25, 0.3) is 10.9 Å². The Kier molecular flexibility index (Phi) is 5.48. The number of aromatic nitrogens is 2. The van der Waals surface area contributed by atoms with Crippen molar-refractivity contribution in [3.8, 4) is 0 Å². The van der Waals surface area contributed by atoms with E-state index in [-0.39, 0.29) is 23.8 Å². The number of para-hydroxylation sites is 1. The summed E-state index contributed by atoms with van der Waals surface area (Å²) in [5.74, 6) is 0.492. The summed E-state index contributed by atoms with van der Waals surface area (Å²) in [5.41, 5.74) is 0.261. The molecule has 1 aromatic carbocycles. The summed E-state index contributed by atoms with van der Waals surface area (Å²) in [4.78, 5) is 19.0. The zero-order valence-corrected chi connectivity index (χ0v) is 14.9. The minimum Gasteiger partial charge on any atom is -0.384 e. The van der Waals surface area contributed by atoms with E-state index in [1.54, 1.807) is 31.4 Å². The normalized spacial score (nSPS) is 19.3. The number of nitrogens with one attached hydrogen (secondary N) is 2. The maximum absolute atomic E-state index is 12.5. The van der Waals surface area contributed by atoms with Crippen molar-refractivity contribution >= 4 is 21.1 Å². The van der Waals surface area contributed by atoms with Crippen LogP contribution in [-0.2, 0) is 21.5 Å². The molecular formula is C16H22N4O4S. The van der Waals surface area contributed by atoms with Crippen LogP contribution in [0.2, 0.25) is 0 Å². The molecule has 0 bridgehead atoms. The van der Waals surface area contributed by atoms with E-state index in [2.05, 4.69) is 14.7 Å². The van der Waals surface area contributed by atoms with E-state index in [1.165, 1.54) is 4.31 Å². The quantitative estimate of drug-likeness (QED) is 0.780. The van der Waals surface area contributed by atoms with Gasteiger partial charge in [-0.2, -0.15) is 17.4 Å². The monoisotopic (exact) mass is 366 g/mol. The van der Waals surface area contributed by atoms with Crippen molar-refractivity contribution in [1.82, 2.24) is 19.0 Å². The highest BCUT2D eigenvalue weighted by molar-refractivity contribution is 7.87. The Morgan fingerprint density at radius 2 is 2.20 bits per heavy atom. The lowest BCUT2D eigenvalue weighted by atomic mass is 10.0. The molecule has 1 unspecified atom stereocenters. The number of rotatable bonds is 6. The smallest absolute Gasteiger partial charge is 0.279 e. The van der Waals surface area contributed by atoms with Gasteiger partial charge in [0.2, 0.25) is 0 Å². The number of benzene rings is 1. The molecule has 2 aromatic rings. The molecule has 0 radical (unpaired) electrons. The van der Waals surface area contributed by atoms with Gasteiger partial charge in [0.05, 0.1) is 24.1 Å². The van der Waals surface area contributed by atoms with Gasteiger partial charge in [0.15, 0.2) is 0 Å². The minimum absolute atomic E-state index is 0.0617. The van der Waals surface area contributed by atoms with E-state index in [0.29, 0.717) is 30.6 Å². The molecule has 25 heavy (non-hydrogen) atoms. The molecule has 2 heterocycles. The number of hydrogen-bond donors (Lipinski definition) is 2. The summed E-state index contributed by atoms with van der Waals surface area (Å²) in [7, 11) is -2.01. The van der Waals surface area contributed by atoms with Crippen molar-refractivity contribution in [2.75, 3.05) is 26.8 Å². The molecule has 1 aromatic heterocycles. The Hall–Kier alpha value is -1.81. The second-order valence-corrected chi connectivity index (χ2v) is 7.93. The first kappa shape index (κ1) is 18.0. The SMILES string of the molecule is COCC1CCCN(S(=O)(=O)NCc2nc3ccccc3c(=O)[nH]2)C1. The minimum atomic E-state index is -3.63. The topological polar surface area (TPSA) is 104 Å². The third-order valence-corrected chi connectivity index (χ3v) is 5.83. The van der Waals surface area contributed by atoms with Gasteiger partial charge in [-0.3, -0.25) is 4.79 Å². The predicted octanol–water partition coefficient (Wildman–Crippen LogP) is 0.616. The lowest BCUT2D eigenvalue weighted by Gasteiger charge is -2.31. The van der Waals surface area contributed by atoms with Crippen LogP contribution in [0.4, 0.5) is 0 Å². The van der Waals surface area contributed by atoms with Gasteiger partial charge in [-0.15, -0.1) is 0 Å². The van der Waals surface area contributed by atoms with Gasteiger partial charge in [0.25, 0.3) is 15.8 Å². The van der Waals surface area contributed by atoms with Crippen LogP contribution < -0.4 is 10.3 Å². The Morgan fingerprint density at radius 1 is 1.40 bits per heavy atom. The fourth-order valence-electron chi connectivity index (χ4n) is 3.09. The van der Waals surface area contributed by atoms with E-state index in [1.807, 2.05) is 0 Å². The molecule has 0 spiro atoms. The number of hydrogen-bond acceptors (Lipinski definition) is 5. The van der Waals surface area contributed by atoms with Gasteiger partial charge in [0, 0.05) is 20.2 Å². The summed E-state index contributed by atoms with van der Waals surface area (Å²) in [6.45, 7) is 1.40. The Morgan fingerprint density at radius 3 is 3.00 bits per heavy atom. The highest BCUT2D eigenvalue weighted by Gasteiger charge is 2.28.